The first kappa shape index (κ1) is 13.6. The molecule has 1 heterocycles. The van der Waals surface area contributed by atoms with Crippen molar-refractivity contribution >= 4 is 17.4 Å². The van der Waals surface area contributed by atoms with Gasteiger partial charge in [0.15, 0.2) is 5.78 Å². The van der Waals surface area contributed by atoms with E-state index >= 15 is 0 Å². The molecule has 2 aromatic rings. The van der Waals surface area contributed by atoms with E-state index in [2.05, 4.69) is 4.98 Å². The summed E-state index contributed by atoms with van der Waals surface area (Å²) >= 11 is 6.02. The van der Waals surface area contributed by atoms with Crippen LogP contribution < -0.4 is 4.74 Å². The number of hydrogen-bond donors (Lipinski definition) is 0. The van der Waals surface area contributed by atoms with Crippen LogP contribution in [-0.4, -0.2) is 17.4 Å². The summed E-state index contributed by atoms with van der Waals surface area (Å²) in [5, 5.41) is 0.437. The molecule has 3 nitrogen and oxygen atoms in total. The van der Waals surface area contributed by atoms with Gasteiger partial charge in [-0.15, -0.1) is 0 Å². The number of pyridine rings is 1. The molecule has 0 N–H and O–H groups in total. The minimum atomic E-state index is -0.153. The van der Waals surface area contributed by atoms with E-state index in [1.54, 1.807) is 36.5 Å². The number of halogens is 1. The molecule has 0 radical (unpaired) electrons. The second kappa shape index (κ2) is 6.34. The Balaban J connectivity index is 2.27. The Hall–Kier alpha value is -1.87. The summed E-state index contributed by atoms with van der Waals surface area (Å²) in [4.78, 5) is 16.3. The molecular weight excluding hydrogens is 262 g/mol. The summed E-state index contributed by atoms with van der Waals surface area (Å²) in [6, 6.07) is 8.65. The van der Waals surface area contributed by atoms with E-state index in [9.17, 15) is 4.79 Å². The first-order valence-corrected chi connectivity index (χ1v) is 6.47. The Morgan fingerprint density at radius 1 is 1.32 bits per heavy atom. The molecule has 0 atom stereocenters. The van der Waals surface area contributed by atoms with Gasteiger partial charge in [-0.25, -0.2) is 0 Å². The fourth-order valence-electron chi connectivity index (χ4n) is 1.64. The van der Waals surface area contributed by atoms with E-state index < -0.39 is 0 Å². The van der Waals surface area contributed by atoms with Crippen LogP contribution in [0.4, 0.5) is 0 Å². The summed E-state index contributed by atoms with van der Waals surface area (Å²) in [6.07, 6.45) is 4.02. The Labute approximate surface area is 117 Å². The Morgan fingerprint density at radius 3 is 2.84 bits per heavy atom. The third-order valence-corrected chi connectivity index (χ3v) is 2.90. The third kappa shape index (κ3) is 3.32. The number of ether oxygens (including phenoxy) is 1. The molecule has 0 amide bonds. The molecule has 0 aliphatic heterocycles. The lowest BCUT2D eigenvalue weighted by Crippen LogP contribution is -2.04. The zero-order valence-electron chi connectivity index (χ0n) is 10.6. The smallest absolute Gasteiger partial charge is 0.196 e. The van der Waals surface area contributed by atoms with Gasteiger partial charge in [0, 0.05) is 17.3 Å². The number of carbonyl (C=O) groups is 1. The van der Waals surface area contributed by atoms with Crippen LogP contribution in [0.3, 0.4) is 0 Å². The highest BCUT2D eigenvalue weighted by atomic mass is 35.5. The predicted molar refractivity (Wildman–Crippen MR) is 74.9 cm³/mol. The molecule has 0 unspecified atom stereocenters. The number of benzene rings is 1. The number of ketones is 1. The lowest BCUT2D eigenvalue weighted by Gasteiger charge is -2.06. The van der Waals surface area contributed by atoms with Crippen LogP contribution >= 0.6 is 11.6 Å². The maximum Gasteiger partial charge on any atom is 0.196 e. The maximum absolute atomic E-state index is 12.3. The highest BCUT2D eigenvalue weighted by Gasteiger charge is 2.13. The number of aromatic nitrogens is 1. The molecule has 98 valence electrons. The van der Waals surface area contributed by atoms with Crippen LogP contribution in [0.15, 0.2) is 42.7 Å². The van der Waals surface area contributed by atoms with Crippen LogP contribution in [0.1, 0.15) is 29.3 Å². The molecule has 0 saturated carbocycles. The molecule has 0 fully saturated rings. The van der Waals surface area contributed by atoms with Gasteiger partial charge >= 0.3 is 0 Å². The highest BCUT2D eigenvalue weighted by molar-refractivity contribution is 6.34. The molecule has 2 rings (SSSR count). The van der Waals surface area contributed by atoms with E-state index in [-0.39, 0.29) is 5.78 Å². The molecule has 0 bridgehead atoms. The molecule has 4 heteroatoms. The maximum atomic E-state index is 12.3. The lowest BCUT2D eigenvalue weighted by atomic mass is 10.1. The second-order valence-electron chi connectivity index (χ2n) is 4.07. The van der Waals surface area contributed by atoms with Crippen molar-refractivity contribution in [3.63, 3.8) is 0 Å². The van der Waals surface area contributed by atoms with E-state index in [0.717, 1.165) is 6.42 Å². The second-order valence-corrected chi connectivity index (χ2v) is 4.47. The first-order valence-electron chi connectivity index (χ1n) is 6.09. The normalized spacial score (nSPS) is 10.2. The molecule has 19 heavy (non-hydrogen) atoms. The zero-order valence-corrected chi connectivity index (χ0v) is 11.4. The minimum absolute atomic E-state index is 0.153. The third-order valence-electron chi connectivity index (χ3n) is 2.57. The number of rotatable bonds is 5. The van der Waals surface area contributed by atoms with Crippen molar-refractivity contribution in [1.29, 1.82) is 0 Å². The number of carbonyl (C=O) groups excluding carboxylic acids is 1. The molecule has 0 saturated heterocycles. The topological polar surface area (TPSA) is 39.2 Å². The molecule has 0 spiro atoms. The Kier molecular flexibility index (Phi) is 4.53. The SMILES string of the molecule is CCCOc1cncc(C(=O)c2ccccc2Cl)c1. The van der Waals surface area contributed by atoms with Gasteiger partial charge in [0.05, 0.1) is 17.8 Å². The van der Waals surface area contributed by atoms with Crippen LogP contribution in [0.2, 0.25) is 5.02 Å². The van der Waals surface area contributed by atoms with Crippen LogP contribution in [-0.2, 0) is 0 Å². The summed E-state index contributed by atoms with van der Waals surface area (Å²) in [7, 11) is 0. The minimum Gasteiger partial charge on any atom is -0.492 e. The van der Waals surface area contributed by atoms with Crippen molar-refractivity contribution in [1.82, 2.24) is 4.98 Å². The van der Waals surface area contributed by atoms with E-state index in [0.29, 0.717) is 28.5 Å². The van der Waals surface area contributed by atoms with Gasteiger partial charge in [0.1, 0.15) is 5.75 Å². The van der Waals surface area contributed by atoms with Gasteiger partial charge in [-0.05, 0) is 24.6 Å². The lowest BCUT2D eigenvalue weighted by molar-refractivity contribution is 0.103. The first-order chi connectivity index (χ1) is 9.22. The van der Waals surface area contributed by atoms with E-state index in [1.807, 2.05) is 6.92 Å². The van der Waals surface area contributed by atoms with Gasteiger partial charge < -0.3 is 4.74 Å². The predicted octanol–water partition coefficient (Wildman–Crippen LogP) is 3.75. The van der Waals surface area contributed by atoms with Crippen LogP contribution in [0, 0.1) is 0 Å². The Bertz CT molecular complexity index is 584. The van der Waals surface area contributed by atoms with Crippen molar-refractivity contribution in [2.75, 3.05) is 6.61 Å². The molecular formula is C15H14ClNO2. The van der Waals surface area contributed by atoms with Crippen molar-refractivity contribution in [3.8, 4) is 5.75 Å². The summed E-state index contributed by atoms with van der Waals surface area (Å²) < 4.78 is 5.46. The quantitative estimate of drug-likeness (QED) is 0.780. The monoisotopic (exact) mass is 275 g/mol. The standard InChI is InChI=1S/C15H14ClNO2/c1-2-7-19-12-8-11(9-17-10-12)15(18)13-5-3-4-6-14(13)16/h3-6,8-10H,2,7H2,1H3. The van der Waals surface area contributed by atoms with Gasteiger partial charge in [-0.2, -0.15) is 0 Å². The van der Waals surface area contributed by atoms with Crippen LogP contribution in [0.25, 0.3) is 0 Å². The largest absolute Gasteiger partial charge is 0.492 e. The fraction of sp³-hybridized carbons (Fsp3) is 0.200. The van der Waals surface area contributed by atoms with Gasteiger partial charge in [0.25, 0.3) is 0 Å². The fourth-order valence-corrected chi connectivity index (χ4v) is 1.86. The summed E-state index contributed by atoms with van der Waals surface area (Å²) in [5.41, 5.74) is 0.945. The number of nitrogens with zero attached hydrogens (tertiary/aromatic N) is 1. The van der Waals surface area contributed by atoms with Crippen molar-refractivity contribution in [3.05, 3.63) is 58.9 Å². The zero-order chi connectivity index (χ0) is 13.7. The van der Waals surface area contributed by atoms with Crippen LogP contribution in [0.5, 0.6) is 5.75 Å². The highest BCUT2D eigenvalue weighted by Crippen LogP contribution is 2.20. The molecule has 1 aromatic heterocycles. The molecule has 0 aliphatic carbocycles. The summed E-state index contributed by atoms with van der Waals surface area (Å²) in [6.45, 7) is 2.62. The average molecular weight is 276 g/mol. The molecule has 1 aromatic carbocycles. The van der Waals surface area contributed by atoms with Gasteiger partial charge in [-0.3, -0.25) is 9.78 Å². The van der Waals surface area contributed by atoms with Gasteiger partial charge in [-0.1, -0.05) is 30.7 Å². The van der Waals surface area contributed by atoms with Crippen molar-refractivity contribution in [2.24, 2.45) is 0 Å². The van der Waals surface area contributed by atoms with Gasteiger partial charge in [0.2, 0.25) is 0 Å². The average Bonchev–Trinajstić information content (AvgIpc) is 2.45. The Morgan fingerprint density at radius 2 is 2.11 bits per heavy atom. The number of hydrogen-bond acceptors (Lipinski definition) is 3. The van der Waals surface area contributed by atoms with Crippen molar-refractivity contribution < 1.29 is 9.53 Å². The van der Waals surface area contributed by atoms with E-state index in [1.165, 1.54) is 6.20 Å². The van der Waals surface area contributed by atoms with Crippen molar-refractivity contribution in [2.45, 2.75) is 13.3 Å². The molecule has 0 aliphatic rings. The summed E-state index contributed by atoms with van der Waals surface area (Å²) in [5.74, 6) is 0.444. The van der Waals surface area contributed by atoms with E-state index in [4.69, 9.17) is 16.3 Å².